The molecule has 0 bridgehead atoms. The predicted molar refractivity (Wildman–Crippen MR) is 34.4 cm³/mol. The Morgan fingerprint density at radius 1 is 1.67 bits per heavy atom. The Hall–Kier alpha value is -1.03. The number of nitrogens with zero attached hydrogens (tertiary/aromatic N) is 2. The second-order valence-corrected chi connectivity index (χ2v) is 2.00. The lowest BCUT2D eigenvalue weighted by molar-refractivity contribution is 0.184. The van der Waals surface area contributed by atoms with Crippen LogP contribution in [-0.2, 0) is 0 Å². The van der Waals surface area contributed by atoms with Gasteiger partial charge >= 0.3 is 0 Å². The number of nitrogens with one attached hydrogen (secondary N) is 2. The molecule has 2 heterocycles. The molecular formula is C5H8N4. The molecule has 9 heavy (non-hydrogen) atoms. The van der Waals surface area contributed by atoms with E-state index in [2.05, 4.69) is 15.7 Å². The van der Waals surface area contributed by atoms with Crippen molar-refractivity contribution in [1.29, 1.82) is 0 Å². The van der Waals surface area contributed by atoms with Gasteiger partial charge in [0, 0.05) is 6.54 Å². The lowest BCUT2D eigenvalue weighted by atomic mass is 10.5. The molecule has 0 aliphatic carbocycles. The van der Waals surface area contributed by atoms with Crippen molar-refractivity contribution in [3.63, 3.8) is 0 Å². The molecule has 1 atom stereocenters. The van der Waals surface area contributed by atoms with Crippen LogP contribution in [0, 0.1) is 0 Å². The minimum absolute atomic E-state index is 0.120. The lowest BCUT2D eigenvalue weighted by Gasteiger charge is -2.24. The van der Waals surface area contributed by atoms with Crippen LogP contribution in [-0.4, -0.2) is 24.2 Å². The van der Waals surface area contributed by atoms with Gasteiger partial charge in [0.1, 0.15) is 6.34 Å². The highest BCUT2D eigenvalue weighted by Crippen LogP contribution is 2.02. The highest BCUT2D eigenvalue weighted by molar-refractivity contribution is 5.55. The number of hydrogen-bond donors (Lipinski definition) is 2. The minimum Gasteiger partial charge on any atom is -0.357 e. The van der Waals surface area contributed by atoms with Crippen LogP contribution in [0.1, 0.15) is 0 Å². The lowest BCUT2D eigenvalue weighted by Crippen LogP contribution is -2.47. The first kappa shape index (κ1) is 4.81. The van der Waals surface area contributed by atoms with Crippen molar-refractivity contribution in [2.75, 3.05) is 6.54 Å². The number of hydrazine groups is 1. The van der Waals surface area contributed by atoms with E-state index in [9.17, 15) is 0 Å². The minimum atomic E-state index is 0.120. The molecule has 4 heteroatoms. The summed E-state index contributed by atoms with van der Waals surface area (Å²) in [4.78, 5) is 4.09. The van der Waals surface area contributed by atoms with Gasteiger partial charge in [-0.1, -0.05) is 6.08 Å². The molecule has 2 N–H and O–H groups in total. The molecule has 0 amide bonds. The zero-order valence-corrected chi connectivity index (χ0v) is 4.91. The highest BCUT2D eigenvalue weighted by atomic mass is 15.6. The molecule has 0 saturated carbocycles. The fourth-order valence-corrected chi connectivity index (χ4v) is 0.935. The Morgan fingerprint density at radius 3 is 3.56 bits per heavy atom. The van der Waals surface area contributed by atoms with Crippen molar-refractivity contribution < 1.29 is 0 Å². The van der Waals surface area contributed by atoms with Crippen LogP contribution in [0.15, 0.2) is 17.3 Å². The molecule has 2 rings (SSSR count). The van der Waals surface area contributed by atoms with Crippen LogP contribution in [0.2, 0.25) is 0 Å². The molecule has 2 aliphatic heterocycles. The smallest absolute Gasteiger partial charge is 0.194 e. The number of hydrogen-bond acceptors (Lipinski definition) is 4. The average molecular weight is 124 g/mol. The second kappa shape index (κ2) is 1.73. The van der Waals surface area contributed by atoms with Crippen molar-refractivity contribution in [3.8, 4) is 0 Å². The molecule has 0 aromatic carbocycles. The summed E-state index contributed by atoms with van der Waals surface area (Å²) < 4.78 is 0. The van der Waals surface area contributed by atoms with Crippen molar-refractivity contribution in [3.05, 3.63) is 12.3 Å². The SMILES string of the molecule is C1=CNC2N=CNN2C1. The maximum atomic E-state index is 4.09. The maximum absolute atomic E-state index is 4.09. The van der Waals surface area contributed by atoms with Crippen LogP contribution in [0.3, 0.4) is 0 Å². The fourth-order valence-electron chi connectivity index (χ4n) is 0.935. The van der Waals surface area contributed by atoms with Gasteiger partial charge in [-0.15, -0.1) is 0 Å². The van der Waals surface area contributed by atoms with Gasteiger partial charge < -0.3 is 10.7 Å². The first-order valence-corrected chi connectivity index (χ1v) is 2.92. The van der Waals surface area contributed by atoms with Crippen molar-refractivity contribution in [1.82, 2.24) is 15.8 Å². The summed E-state index contributed by atoms with van der Waals surface area (Å²) in [6.07, 6.45) is 5.78. The Labute approximate surface area is 53.2 Å². The van der Waals surface area contributed by atoms with E-state index >= 15 is 0 Å². The maximum Gasteiger partial charge on any atom is 0.194 e. The second-order valence-electron chi connectivity index (χ2n) is 2.00. The number of fused-ring (bicyclic) bond motifs is 1. The van der Waals surface area contributed by atoms with Gasteiger partial charge in [-0.2, -0.15) is 5.01 Å². The standard InChI is InChI=1S/C5H8N4/c1-2-6-5-7-4-8-9(5)3-1/h1-2,4-6H,3H2,(H,7,8). The van der Waals surface area contributed by atoms with E-state index in [0.29, 0.717) is 0 Å². The number of rotatable bonds is 0. The molecule has 48 valence electrons. The van der Waals surface area contributed by atoms with Crippen molar-refractivity contribution in [2.45, 2.75) is 6.29 Å². The molecular weight excluding hydrogens is 116 g/mol. The molecule has 0 aromatic rings. The third-order valence-corrected chi connectivity index (χ3v) is 1.40. The van der Waals surface area contributed by atoms with E-state index in [1.807, 2.05) is 17.3 Å². The van der Waals surface area contributed by atoms with Crippen LogP contribution >= 0.6 is 0 Å². The van der Waals surface area contributed by atoms with Crippen molar-refractivity contribution >= 4 is 6.34 Å². The third-order valence-electron chi connectivity index (χ3n) is 1.40. The normalized spacial score (nSPS) is 31.3. The van der Waals surface area contributed by atoms with Gasteiger partial charge in [0.2, 0.25) is 0 Å². The van der Waals surface area contributed by atoms with Gasteiger partial charge in [0.15, 0.2) is 6.29 Å². The van der Waals surface area contributed by atoms with Crippen LogP contribution in [0.5, 0.6) is 0 Å². The monoisotopic (exact) mass is 124 g/mol. The third kappa shape index (κ3) is 0.675. The molecule has 0 spiro atoms. The molecule has 0 radical (unpaired) electrons. The fraction of sp³-hybridized carbons (Fsp3) is 0.400. The molecule has 1 unspecified atom stereocenters. The quantitative estimate of drug-likeness (QED) is 0.445. The van der Waals surface area contributed by atoms with Crippen LogP contribution < -0.4 is 10.7 Å². The average Bonchev–Trinajstić information content (AvgIpc) is 2.33. The van der Waals surface area contributed by atoms with E-state index in [1.165, 1.54) is 0 Å². The molecule has 0 fully saturated rings. The zero-order chi connectivity index (χ0) is 6.10. The van der Waals surface area contributed by atoms with E-state index in [0.717, 1.165) is 6.54 Å². The molecule has 2 aliphatic rings. The summed E-state index contributed by atoms with van der Waals surface area (Å²) in [7, 11) is 0. The summed E-state index contributed by atoms with van der Waals surface area (Å²) in [5.41, 5.74) is 2.99. The first-order chi connectivity index (χ1) is 4.47. The van der Waals surface area contributed by atoms with E-state index in [1.54, 1.807) is 6.34 Å². The summed E-state index contributed by atoms with van der Waals surface area (Å²) in [6, 6.07) is 0. The highest BCUT2D eigenvalue weighted by Gasteiger charge is 2.19. The Bertz CT molecular complexity index is 162. The van der Waals surface area contributed by atoms with Gasteiger partial charge in [-0.05, 0) is 6.20 Å². The molecule has 0 saturated heterocycles. The van der Waals surface area contributed by atoms with Crippen molar-refractivity contribution in [2.24, 2.45) is 4.99 Å². The summed E-state index contributed by atoms with van der Waals surface area (Å²) in [5, 5.41) is 5.07. The van der Waals surface area contributed by atoms with Gasteiger partial charge in [-0.25, -0.2) is 4.99 Å². The Morgan fingerprint density at radius 2 is 2.67 bits per heavy atom. The zero-order valence-electron chi connectivity index (χ0n) is 4.91. The predicted octanol–water partition coefficient (Wildman–Crippen LogP) is -0.765. The largest absolute Gasteiger partial charge is 0.357 e. The summed E-state index contributed by atoms with van der Waals surface area (Å²) >= 11 is 0. The van der Waals surface area contributed by atoms with E-state index in [4.69, 9.17) is 0 Å². The topological polar surface area (TPSA) is 39.7 Å². The molecule has 4 nitrogen and oxygen atoms in total. The van der Waals surface area contributed by atoms with Gasteiger partial charge in [0.05, 0.1) is 0 Å². The van der Waals surface area contributed by atoms with Crippen LogP contribution in [0.25, 0.3) is 0 Å². The Balaban J connectivity index is 2.13. The molecule has 0 aromatic heterocycles. The van der Waals surface area contributed by atoms with E-state index in [-0.39, 0.29) is 6.29 Å². The van der Waals surface area contributed by atoms with Gasteiger partial charge in [0.25, 0.3) is 0 Å². The number of aliphatic imine (C=N–C) groups is 1. The Kier molecular flexibility index (Phi) is 0.927. The summed E-state index contributed by atoms with van der Waals surface area (Å²) in [5.74, 6) is 0. The summed E-state index contributed by atoms with van der Waals surface area (Å²) in [6.45, 7) is 0.914. The van der Waals surface area contributed by atoms with E-state index < -0.39 is 0 Å². The first-order valence-electron chi connectivity index (χ1n) is 2.92. The van der Waals surface area contributed by atoms with Crippen LogP contribution in [0.4, 0.5) is 0 Å². The van der Waals surface area contributed by atoms with Gasteiger partial charge in [-0.3, -0.25) is 0 Å².